The first kappa shape index (κ1) is 18.8. The van der Waals surface area contributed by atoms with Gasteiger partial charge in [0.1, 0.15) is 11.5 Å². The van der Waals surface area contributed by atoms with Crippen molar-refractivity contribution in [2.24, 2.45) is 5.92 Å². The zero-order valence-electron chi connectivity index (χ0n) is 14.8. The summed E-state index contributed by atoms with van der Waals surface area (Å²) in [6, 6.07) is 4.09. The number of piperidine rings is 2. The number of nitrogens with zero attached hydrogens (tertiary/aromatic N) is 3. The van der Waals surface area contributed by atoms with Crippen LogP contribution >= 0.6 is 0 Å². The average molecular weight is 381 g/mol. The molecule has 0 amide bonds. The predicted octanol–water partition coefficient (Wildman–Crippen LogP) is 2.18. The van der Waals surface area contributed by atoms with Crippen LogP contribution in [0.1, 0.15) is 32.6 Å². The molecule has 8 nitrogen and oxygen atoms in total. The van der Waals surface area contributed by atoms with Gasteiger partial charge in [0, 0.05) is 44.6 Å². The average Bonchev–Trinajstić information content (AvgIpc) is 2.64. The van der Waals surface area contributed by atoms with Crippen LogP contribution in [0.5, 0.6) is 0 Å². The Hall–Kier alpha value is -2.00. The van der Waals surface area contributed by atoms with Gasteiger partial charge in [-0.1, -0.05) is 13.3 Å². The minimum absolute atomic E-state index is 0.0454. The fourth-order valence-electron chi connectivity index (χ4n) is 3.57. The first-order valence-corrected chi connectivity index (χ1v) is 10.3. The third kappa shape index (κ3) is 3.59. The Morgan fingerprint density at radius 2 is 1.85 bits per heavy atom. The molecule has 2 aliphatic rings. The Kier molecular flexibility index (Phi) is 5.29. The smallest absolute Gasteiger partial charge is 0.293 e. The molecule has 0 aromatic heterocycles. The van der Waals surface area contributed by atoms with Crippen LogP contribution in [0.25, 0.3) is 0 Å². The summed E-state index contributed by atoms with van der Waals surface area (Å²) in [4.78, 5) is 24.5. The van der Waals surface area contributed by atoms with E-state index in [0.717, 1.165) is 25.3 Å². The Morgan fingerprint density at radius 1 is 1.15 bits per heavy atom. The highest BCUT2D eigenvalue weighted by Crippen LogP contribution is 2.34. The number of nitro groups is 1. The van der Waals surface area contributed by atoms with Crippen molar-refractivity contribution in [3.63, 3.8) is 0 Å². The van der Waals surface area contributed by atoms with E-state index in [1.165, 1.54) is 16.4 Å². The Bertz CT molecular complexity index is 818. The highest BCUT2D eigenvalue weighted by molar-refractivity contribution is 7.89. The van der Waals surface area contributed by atoms with E-state index < -0.39 is 14.9 Å². The van der Waals surface area contributed by atoms with E-state index >= 15 is 0 Å². The molecule has 0 radical (unpaired) electrons. The third-order valence-corrected chi connectivity index (χ3v) is 7.00. The number of hydrogen-bond acceptors (Lipinski definition) is 6. The Morgan fingerprint density at radius 3 is 2.46 bits per heavy atom. The fourth-order valence-corrected chi connectivity index (χ4v) is 5.10. The molecule has 2 fully saturated rings. The zero-order chi connectivity index (χ0) is 18.9. The Balaban J connectivity index is 1.94. The van der Waals surface area contributed by atoms with Crippen molar-refractivity contribution < 1.29 is 18.1 Å². The Labute approximate surface area is 153 Å². The summed E-state index contributed by atoms with van der Waals surface area (Å²) in [6.07, 6.45) is 2.95. The highest BCUT2D eigenvalue weighted by Gasteiger charge is 2.31. The van der Waals surface area contributed by atoms with Crippen molar-refractivity contribution in [3.05, 3.63) is 28.3 Å². The van der Waals surface area contributed by atoms with Gasteiger partial charge < -0.3 is 4.90 Å². The summed E-state index contributed by atoms with van der Waals surface area (Å²) in [7, 11) is -3.73. The minimum Gasteiger partial charge on any atom is -0.365 e. The summed E-state index contributed by atoms with van der Waals surface area (Å²) in [5.41, 5.74) is 0.136. The van der Waals surface area contributed by atoms with Gasteiger partial charge in [-0.25, -0.2) is 8.42 Å². The number of benzene rings is 1. The second-order valence-electron chi connectivity index (χ2n) is 6.94. The van der Waals surface area contributed by atoms with Crippen LogP contribution < -0.4 is 4.90 Å². The van der Waals surface area contributed by atoms with Crippen molar-refractivity contribution in [2.75, 3.05) is 31.1 Å². The number of rotatable bonds is 4. The molecule has 1 atom stereocenters. The number of sulfonamides is 1. The van der Waals surface area contributed by atoms with Crippen LogP contribution in [0.3, 0.4) is 0 Å². The summed E-state index contributed by atoms with van der Waals surface area (Å²) in [5.74, 6) is -0.0479. The lowest BCUT2D eigenvalue weighted by Gasteiger charge is -2.31. The predicted molar refractivity (Wildman–Crippen MR) is 96.7 cm³/mol. The van der Waals surface area contributed by atoms with E-state index in [0.29, 0.717) is 38.3 Å². The van der Waals surface area contributed by atoms with Crippen LogP contribution in [-0.4, -0.2) is 49.6 Å². The van der Waals surface area contributed by atoms with Crippen molar-refractivity contribution in [2.45, 2.75) is 37.5 Å². The molecule has 0 saturated carbocycles. The molecular formula is C17H23N3O5S. The standard InChI is InChI=1S/C17H23N3O5S/c1-13-12-18(10-7-17(13)21)15-6-5-14(11-16(15)20(22)23)26(24,25)19-8-3-2-4-9-19/h5-6,11,13H,2-4,7-10,12H2,1H3/t13-/m0/s1. The normalized spacial score (nSPS) is 22.4. The minimum atomic E-state index is -3.73. The van der Waals surface area contributed by atoms with Gasteiger partial charge in [-0.3, -0.25) is 14.9 Å². The SMILES string of the molecule is C[C@H]1CN(c2ccc(S(=O)(=O)N3CCCCC3)cc2[N+](=O)[O-])CCC1=O. The molecule has 1 aromatic rings. The molecule has 26 heavy (non-hydrogen) atoms. The summed E-state index contributed by atoms with van der Waals surface area (Å²) in [5, 5.41) is 11.6. The molecule has 3 rings (SSSR count). The number of nitro benzene ring substituents is 1. The molecule has 142 valence electrons. The topological polar surface area (TPSA) is 101 Å². The van der Waals surface area contributed by atoms with E-state index in [1.54, 1.807) is 11.8 Å². The van der Waals surface area contributed by atoms with E-state index in [2.05, 4.69) is 0 Å². The van der Waals surface area contributed by atoms with Gasteiger partial charge >= 0.3 is 0 Å². The van der Waals surface area contributed by atoms with Crippen molar-refractivity contribution in [3.8, 4) is 0 Å². The van der Waals surface area contributed by atoms with Crippen molar-refractivity contribution in [1.82, 2.24) is 4.31 Å². The van der Waals surface area contributed by atoms with Gasteiger partial charge in [0.25, 0.3) is 5.69 Å². The molecule has 0 N–H and O–H groups in total. The number of hydrogen-bond donors (Lipinski definition) is 0. The maximum atomic E-state index is 12.8. The van der Waals surface area contributed by atoms with Gasteiger partial charge in [0.15, 0.2) is 0 Å². The van der Waals surface area contributed by atoms with E-state index in [4.69, 9.17) is 0 Å². The summed E-state index contributed by atoms with van der Waals surface area (Å²) < 4.78 is 27.0. The third-order valence-electron chi connectivity index (χ3n) is 5.11. The number of carbonyl (C=O) groups is 1. The fraction of sp³-hybridized carbons (Fsp3) is 0.588. The van der Waals surface area contributed by atoms with E-state index in [9.17, 15) is 23.3 Å². The largest absolute Gasteiger partial charge is 0.365 e. The van der Waals surface area contributed by atoms with Gasteiger partial charge in [0.2, 0.25) is 10.0 Å². The maximum Gasteiger partial charge on any atom is 0.293 e. The van der Waals surface area contributed by atoms with Crippen LogP contribution in [0.2, 0.25) is 0 Å². The molecule has 0 spiro atoms. The monoisotopic (exact) mass is 381 g/mol. The second-order valence-corrected chi connectivity index (χ2v) is 8.87. The highest BCUT2D eigenvalue weighted by atomic mass is 32.2. The number of carbonyl (C=O) groups excluding carboxylic acids is 1. The van der Waals surface area contributed by atoms with Crippen LogP contribution in [0, 0.1) is 16.0 Å². The lowest BCUT2D eigenvalue weighted by atomic mass is 9.98. The molecule has 2 aliphatic heterocycles. The summed E-state index contributed by atoms with van der Waals surface area (Å²) >= 11 is 0. The quantitative estimate of drug-likeness (QED) is 0.585. The molecule has 2 saturated heterocycles. The molecule has 0 bridgehead atoms. The van der Waals surface area contributed by atoms with Crippen LogP contribution in [-0.2, 0) is 14.8 Å². The molecule has 9 heteroatoms. The van der Waals surface area contributed by atoms with E-state index in [-0.39, 0.29) is 22.3 Å². The second kappa shape index (κ2) is 7.32. The number of ketones is 1. The van der Waals surface area contributed by atoms with Crippen molar-refractivity contribution in [1.29, 1.82) is 0 Å². The van der Waals surface area contributed by atoms with E-state index in [1.807, 2.05) is 0 Å². The van der Waals surface area contributed by atoms with Crippen molar-refractivity contribution >= 4 is 27.2 Å². The first-order valence-electron chi connectivity index (χ1n) is 8.87. The molecular weight excluding hydrogens is 358 g/mol. The molecule has 2 heterocycles. The molecule has 1 aromatic carbocycles. The van der Waals surface area contributed by atoms with Gasteiger partial charge in [0.05, 0.1) is 9.82 Å². The first-order chi connectivity index (χ1) is 12.3. The lowest BCUT2D eigenvalue weighted by Crippen LogP contribution is -2.40. The zero-order valence-corrected chi connectivity index (χ0v) is 15.6. The molecule has 0 aliphatic carbocycles. The van der Waals surface area contributed by atoms with Gasteiger partial charge in [-0.05, 0) is 25.0 Å². The lowest BCUT2D eigenvalue weighted by molar-refractivity contribution is -0.384. The van der Waals surface area contributed by atoms with Crippen LogP contribution in [0.15, 0.2) is 23.1 Å². The number of Topliss-reactive ketones (excluding diaryl/α,β-unsaturated/α-hetero) is 1. The molecule has 0 unspecified atom stereocenters. The number of anilines is 1. The maximum absolute atomic E-state index is 12.8. The van der Waals surface area contributed by atoms with Gasteiger partial charge in [-0.15, -0.1) is 0 Å². The van der Waals surface area contributed by atoms with Gasteiger partial charge in [-0.2, -0.15) is 4.31 Å². The van der Waals surface area contributed by atoms with Crippen LogP contribution in [0.4, 0.5) is 11.4 Å². The summed E-state index contributed by atoms with van der Waals surface area (Å²) in [6.45, 7) is 3.50.